The quantitative estimate of drug-likeness (QED) is 0.525. The molecule has 0 aliphatic rings. The average molecular weight is 199 g/mol. The van der Waals surface area contributed by atoms with Crippen LogP contribution in [0.15, 0.2) is 4.79 Å². The summed E-state index contributed by atoms with van der Waals surface area (Å²) in [7, 11) is 0. The lowest BCUT2D eigenvalue weighted by Crippen LogP contribution is -2.17. The Morgan fingerprint density at radius 1 is 1.57 bits per heavy atom. The molecule has 6 heteroatoms. The third-order valence-corrected chi connectivity index (χ3v) is 2.16. The van der Waals surface area contributed by atoms with Crippen molar-refractivity contribution in [1.82, 2.24) is 10.2 Å². The van der Waals surface area contributed by atoms with E-state index in [4.69, 9.17) is 10.8 Å². The maximum Gasteiger partial charge on any atom is 0.312 e. The molecular formula is C8H13N3O3. The molecule has 0 bridgehead atoms. The molecule has 1 aromatic heterocycles. The summed E-state index contributed by atoms with van der Waals surface area (Å²) in [6, 6.07) is 0. The van der Waals surface area contributed by atoms with Crippen molar-refractivity contribution in [2.45, 2.75) is 19.3 Å². The Balaban J connectivity index is 3.05. The van der Waals surface area contributed by atoms with Gasteiger partial charge in [0, 0.05) is 5.56 Å². The molecule has 0 saturated carbocycles. The van der Waals surface area contributed by atoms with E-state index in [0.717, 1.165) is 0 Å². The Hall–Kier alpha value is -1.56. The molecule has 1 aromatic rings. The van der Waals surface area contributed by atoms with E-state index >= 15 is 0 Å². The second-order valence-electron chi connectivity index (χ2n) is 3.09. The van der Waals surface area contributed by atoms with E-state index in [-0.39, 0.29) is 12.1 Å². The number of hydrogen-bond donors (Lipinski definition) is 4. The highest BCUT2D eigenvalue weighted by molar-refractivity contribution is 5.75. The predicted molar refractivity (Wildman–Crippen MR) is 50.2 cm³/mol. The Labute approximate surface area is 80.1 Å². The van der Waals surface area contributed by atoms with Gasteiger partial charge >= 0.3 is 5.97 Å². The maximum absolute atomic E-state index is 11.1. The molecule has 1 heterocycles. The van der Waals surface area contributed by atoms with E-state index in [0.29, 0.717) is 17.7 Å². The van der Waals surface area contributed by atoms with Crippen LogP contribution in [-0.2, 0) is 4.79 Å². The lowest BCUT2D eigenvalue weighted by molar-refractivity contribution is -0.139. The zero-order chi connectivity index (χ0) is 10.7. The molecule has 0 fully saturated rings. The molecule has 0 spiro atoms. The van der Waals surface area contributed by atoms with Gasteiger partial charge in [-0.05, 0) is 19.9 Å². The van der Waals surface area contributed by atoms with Gasteiger partial charge < -0.3 is 15.9 Å². The molecule has 0 aromatic carbocycles. The number of hydrogen-bond acceptors (Lipinski definition) is 3. The number of H-pyrrole nitrogens is 2. The number of carboxylic acids is 1. The summed E-state index contributed by atoms with van der Waals surface area (Å²) in [6.07, 6.45) is 0.309. The monoisotopic (exact) mass is 199 g/mol. The highest BCUT2D eigenvalue weighted by Gasteiger charge is 2.23. The average Bonchev–Trinajstić information content (AvgIpc) is 2.44. The number of aromatic amines is 2. The number of rotatable bonds is 4. The van der Waals surface area contributed by atoms with Gasteiger partial charge in [-0.15, -0.1) is 0 Å². The molecule has 0 aliphatic heterocycles. The van der Waals surface area contributed by atoms with Crippen LogP contribution in [0.4, 0.5) is 0 Å². The fourth-order valence-corrected chi connectivity index (χ4v) is 1.34. The molecule has 1 atom stereocenters. The van der Waals surface area contributed by atoms with Gasteiger partial charge in [-0.2, -0.15) is 0 Å². The van der Waals surface area contributed by atoms with Gasteiger partial charge in [0.15, 0.2) is 0 Å². The summed E-state index contributed by atoms with van der Waals surface area (Å²) in [4.78, 5) is 21.9. The van der Waals surface area contributed by atoms with E-state index in [9.17, 15) is 9.59 Å². The first kappa shape index (κ1) is 10.5. The fraction of sp³-hybridized carbons (Fsp3) is 0.500. The summed E-state index contributed by atoms with van der Waals surface area (Å²) < 4.78 is 0. The summed E-state index contributed by atoms with van der Waals surface area (Å²) in [5, 5.41) is 13.8. The Kier molecular flexibility index (Phi) is 3.08. The molecular weight excluding hydrogens is 186 g/mol. The summed E-state index contributed by atoms with van der Waals surface area (Å²) >= 11 is 0. The maximum atomic E-state index is 11.1. The molecule has 5 N–H and O–H groups in total. The molecule has 0 aliphatic carbocycles. The first-order valence-corrected chi connectivity index (χ1v) is 4.28. The smallest absolute Gasteiger partial charge is 0.312 e. The van der Waals surface area contributed by atoms with Crippen molar-refractivity contribution in [3.63, 3.8) is 0 Å². The normalized spacial score (nSPS) is 12.7. The van der Waals surface area contributed by atoms with Gasteiger partial charge in [-0.1, -0.05) is 0 Å². The van der Waals surface area contributed by atoms with Gasteiger partial charge in [-0.25, -0.2) is 0 Å². The number of carbonyl (C=O) groups is 1. The standard InChI is InChI=1S/C8H13N3O3/c1-4-6(10-11-7(4)12)5(2-3-9)8(13)14/h5H,2-3,9H2,1H3,(H,13,14)(H2,10,11,12). The minimum Gasteiger partial charge on any atom is -0.481 e. The molecule has 0 saturated heterocycles. The van der Waals surface area contributed by atoms with Crippen molar-refractivity contribution in [2.24, 2.45) is 5.73 Å². The van der Waals surface area contributed by atoms with Gasteiger partial charge in [0.1, 0.15) is 0 Å². The van der Waals surface area contributed by atoms with Gasteiger partial charge in [-0.3, -0.25) is 14.7 Å². The van der Waals surface area contributed by atoms with Crippen LogP contribution in [0.25, 0.3) is 0 Å². The summed E-state index contributed by atoms with van der Waals surface area (Å²) in [5.74, 6) is -1.72. The Morgan fingerprint density at radius 2 is 2.21 bits per heavy atom. The van der Waals surface area contributed by atoms with Crippen LogP contribution in [0.1, 0.15) is 23.6 Å². The first-order valence-electron chi connectivity index (χ1n) is 4.28. The van der Waals surface area contributed by atoms with Crippen LogP contribution in [-0.4, -0.2) is 27.8 Å². The van der Waals surface area contributed by atoms with Crippen molar-refractivity contribution in [3.8, 4) is 0 Å². The van der Waals surface area contributed by atoms with Crippen molar-refractivity contribution < 1.29 is 9.90 Å². The molecule has 6 nitrogen and oxygen atoms in total. The minimum absolute atomic E-state index is 0.267. The van der Waals surface area contributed by atoms with Crippen molar-refractivity contribution in [1.29, 1.82) is 0 Å². The second kappa shape index (κ2) is 4.10. The largest absolute Gasteiger partial charge is 0.481 e. The molecule has 0 radical (unpaired) electrons. The topological polar surface area (TPSA) is 112 Å². The van der Waals surface area contributed by atoms with Gasteiger partial charge in [0.25, 0.3) is 5.56 Å². The van der Waals surface area contributed by atoms with E-state index in [1.165, 1.54) is 0 Å². The van der Waals surface area contributed by atoms with E-state index in [2.05, 4.69) is 10.2 Å². The number of aliphatic carboxylic acids is 1. The lowest BCUT2D eigenvalue weighted by Gasteiger charge is -2.09. The van der Waals surface area contributed by atoms with Gasteiger partial charge in [0.05, 0.1) is 11.6 Å². The van der Waals surface area contributed by atoms with Crippen LogP contribution < -0.4 is 11.3 Å². The Morgan fingerprint density at radius 3 is 2.57 bits per heavy atom. The summed E-state index contributed by atoms with van der Waals surface area (Å²) in [6.45, 7) is 1.85. The number of nitrogens with one attached hydrogen (secondary N) is 2. The number of carboxylic acid groups (broad SMARTS) is 1. The molecule has 0 amide bonds. The highest BCUT2D eigenvalue weighted by atomic mass is 16.4. The zero-order valence-electron chi connectivity index (χ0n) is 7.83. The third kappa shape index (κ3) is 1.85. The van der Waals surface area contributed by atoms with Crippen LogP contribution in [0, 0.1) is 6.92 Å². The van der Waals surface area contributed by atoms with Crippen LogP contribution in [0.3, 0.4) is 0 Å². The lowest BCUT2D eigenvalue weighted by atomic mass is 9.99. The fourth-order valence-electron chi connectivity index (χ4n) is 1.34. The number of aromatic nitrogens is 2. The first-order chi connectivity index (χ1) is 6.57. The van der Waals surface area contributed by atoms with E-state index in [1.807, 2.05) is 0 Å². The second-order valence-corrected chi connectivity index (χ2v) is 3.09. The van der Waals surface area contributed by atoms with Crippen LogP contribution in [0.5, 0.6) is 0 Å². The van der Waals surface area contributed by atoms with Crippen molar-refractivity contribution >= 4 is 5.97 Å². The van der Waals surface area contributed by atoms with E-state index < -0.39 is 11.9 Å². The zero-order valence-corrected chi connectivity index (χ0v) is 7.83. The predicted octanol–water partition coefficient (Wildman–Crippen LogP) is -0.472. The molecule has 14 heavy (non-hydrogen) atoms. The Bertz CT molecular complexity index is 379. The van der Waals surface area contributed by atoms with Crippen LogP contribution >= 0.6 is 0 Å². The van der Waals surface area contributed by atoms with Crippen molar-refractivity contribution in [3.05, 3.63) is 21.6 Å². The van der Waals surface area contributed by atoms with Crippen LogP contribution in [0.2, 0.25) is 0 Å². The minimum atomic E-state index is -0.978. The van der Waals surface area contributed by atoms with Crippen molar-refractivity contribution in [2.75, 3.05) is 6.54 Å². The van der Waals surface area contributed by atoms with Gasteiger partial charge in [0.2, 0.25) is 0 Å². The summed E-state index contributed by atoms with van der Waals surface area (Å²) in [5.41, 5.74) is 5.83. The SMILES string of the molecule is Cc1c(C(CCN)C(=O)O)[nH][nH]c1=O. The molecule has 1 unspecified atom stereocenters. The van der Waals surface area contributed by atoms with E-state index in [1.54, 1.807) is 6.92 Å². The number of nitrogens with two attached hydrogens (primary N) is 1. The third-order valence-electron chi connectivity index (χ3n) is 2.16. The highest BCUT2D eigenvalue weighted by Crippen LogP contribution is 2.18. The molecule has 1 rings (SSSR count). The molecule has 78 valence electrons.